The maximum absolute atomic E-state index is 13.9. The van der Waals surface area contributed by atoms with E-state index in [0.717, 1.165) is 25.7 Å². The van der Waals surface area contributed by atoms with Gasteiger partial charge in [-0.2, -0.15) is 9.97 Å². The van der Waals surface area contributed by atoms with Crippen molar-refractivity contribution in [3.05, 3.63) is 36.2 Å². The molecule has 1 aromatic carbocycles. The number of ether oxygens (including phenoxy) is 2. The van der Waals surface area contributed by atoms with Gasteiger partial charge in [0.15, 0.2) is 5.82 Å². The second kappa shape index (κ2) is 9.56. The highest BCUT2D eigenvalue weighted by atomic mass is 19.3. The van der Waals surface area contributed by atoms with E-state index >= 15 is 0 Å². The average Bonchev–Trinajstić information content (AvgIpc) is 3.24. The van der Waals surface area contributed by atoms with Crippen LogP contribution in [0.25, 0.3) is 16.9 Å². The molecule has 1 aliphatic carbocycles. The highest BCUT2D eigenvalue weighted by Gasteiger charge is 2.24. The number of imidazole rings is 1. The summed E-state index contributed by atoms with van der Waals surface area (Å²) in [5.74, 6) is 0.975. The third-order valence-electron chi connectivity index (χ3n) is 6.36. The van der Waals surface area contributed by atoms with E-state index in [2.05, 4.69) is 19.9 Å². The number of hydrogen-bond acceptors (Lipinski definition) is 7. The SMILES string of the molecule is NC1CCC(COc2nc(N3CCOCC3)cc(-n3c(C(F)F)nc4ccccc43)n2)CC1. The number of nitrogens with two attached hydrogens (primary N) is 1. The molecule has 3 heterocycles. The lowest BCUT2D eigenvalue weighted by molar-refractivity contribution is 0.122. The maximum Gasteiger partial charge on any atom is 0.320 e. The number of rotatable bonds is 6. The van der Waals surface area contributed by atoms with E-state index in [-0.39, 0.29) is 17.9 Å². The molecule has 0 spiro atoms. The third kappa shape index (κ3) is 4.77. The van der Waals surface area contributed by atoms with Crippen molar-refractivity contribution in [2.75, 3.05) is 37.8 Å². The van der Waals surface area contributed by atoms with Gasteiger partial charge in [-0.05, 0) is 43.7 Å². The lowest BCUT2D eigenvalue weighted by Crippen LogP contribution is -2.37. The number of alkyl halides is 2. The molecule has 176 valence electrons. The van der Waals surface area contributed by atoms with Crippen LogP contribution in [0.1, 0.15) is 37.9 Å². The van der Waals surface area contributed by atoms with Crippen molar-refractivity contribution in [3.8, 4) is 11.8 Å². The van der Waals surface area contributed by atoms with Gasteiger partial charge in [-0.3, -0.25) is 4.57 Å². The first kappa shape index (κ1) is 22.0. The van der Waals surface area contributed by atoms with Crippen molar-refractivity contribution in [1.82, 2.24) is 19.5 Å². The van der Waals surface area contributed by atoms with Crippen molar-refractivity contribution in [2.45, 2.75) is 38.2 Å². The highest BCUT2D eigenvalue weighted by Crippen LogP contribution is 2.30. The summed E-state index contributed by atoms with van der Waals surface area (Å²) in [5, 5.41) is 0. The molecule has 2 fully saturated rings. The van der Waals surface area contributed by atoms with Crippen LogP contribution in [-0.2, 0) is 4.74 Å². The molecule has 1 saturated carbocycles. The van der Waals surface area contributed by atoms with Crippen LogP contribution in [-0.4, -0.2) is 58.5 Å². The molecule has 1 saturated heterocycles. The molecule has 33 heavy (non-hydrogen) atoms. The van der Waals surface area contributed by atoms with Crippen molar-refractivity contribution in [2.24, 2.45) is 11.7 Å². The first-order valence-corrected chi connectivity index (χ1v) is 11.4. The van der Waals surface area contributed by atoms with Crippen LogP contribution < -0.4 is 15.4 Å². The monoisotopic (exact) mass is 458 g/mol. The van der Waals surface area contributed by atoms with Crippen LogP contribution in [0.3, 0.4) is 0 Å². The summed E-state index contributed by atoms with van der Waals surface area (Å²) in [6, 6.07) is 9.21. The highest BCUT2D eigenvalue weighted by molar-refractivity contribution is 5.78. The fraction of sp³-hybridized carbons (Fsp3) is 0.522. The van der Waals surface area contributed by atoms with Gasteiger partial charge in [0.25, 0.3) is 6.43 Å². The van der Waals surface area contributed by atoms with Gasteiger partial charge in [-0.15, -0.1) is 0 Å². The fourth-order valence-corrected chi connectivity index (χ4v) is 4.51. The molecule has 3 aromatic rings. The number of aromatic nitrogens is 4. The molecule has 5 rings (SSSR count). The van der Waals surface area contributed by atoms with Crippen LogP contribution in [0, 0.1) is 5.92 Å². The molecule has 10 heteroatoms. The molecule has 8 nitrogen and oxygen atoms in total. The Morgan fingerprint density at radius 1 is 1.03 bits per heavy atom. The predicted molar refractivity (Wildman–Crippen MR) is 120 cm³/mol. The van der Waals surface area contributed by atoms with Crippen molar-refractivity contribution >= 4 is 16.9 Å². The molecule has 2 aromatic heterocycles. The summed E-state index contributed by atoms with van der Waals surface area (Å²) < 4.78 is 40.7. The molecule has 2 aliphatic rings. The first-order chi connectivity index (χ1) is 16.1. The van der Waals surface area contributed by atoms with E-state index in [1.807, 2.05) is 0 Å². The van der Waals surface area contributed by atoms with E-state index in [9.17, 15) is 8.78 Å². The minimum Gasteiger partial charge on any atom is -0.463 e. The van der Waals surface area contributed by atoms with Crippen LogP contribution in [0.5, 0.6) is 6.01 Å². The van der Waals surface area contributed by atoms with E-state index < -0.39 is 6.43 Å². The van der Waals surface area contributed by atoms with Gasteiger partial charge in [0.1, 0.15) is 11.6 Å². The molecule has 0 atom stereocenters. The van der Waals surface area contributed by atoms with Crippen molar-refractivity contribution < 1.29 is 18.3 Å². The van der Waals surface area contributed by atoms with Gasteiger partial charge in [0.2, 0.25) is 0 Å². The van der Waals surface area contributed by atoms with Crippen LogP contribution in [0.4, 0.5) is 14.6 Å². The van der Waals surface area contributed by atoms with E-state index in [0.29, 0.717) is 61.5 Å². The van der Waals surface area contributed by atoms with Gasteiger partial charge in [-0.1, -0.05) is 12.1 Å². The van der Waals surface area contributed by atoms with Gasteiger partial charge in [0, 0.05) is 25.2 Å². The summed E-state index contributed by atoms with van der Waals surface area (Å²) in [7, 11) is 0. The van der Waals surface area contributed by atoms with Gasteiger partial charge in [-0.25, -0.2) is 13.8 Å². The summed E-state index contributed by atoms with van der Waals surface area (Å²) in [4.78, 5) is 15.4. The number of hydrogen-bond donors (Lipinski definition) is 1. The van der Waals surface area contributed by atoms with Crippen LogP contribution >= 0.6 is 0 Å². The molecule has 0 bridgehead atoms. The molecular formula is C23H28F2N6O2. The summed E-state index contributed by atoms with van der Waals surface area (Å²) in [6.45, 7) is 2.94. The van der Waals surface area contributed by atoms with Gasteiger partial charge in [0.05, 0.1) is 30.9 Å². The Labute approximate surface area is 190 Å². The first-order valence-electron chi connectivity index (χ1n) is 11.4. The van der Waals surface area contributed by atoms with Crippen LogP contribution in [0.15, 0.2) is 30.3 Å². The smallest absolute Gasteiger partial charge is 0.320 e. The Kier molecular flexibility index (Phi) is 6.37. The quantitative estimate of drug-likeness (QED) is 0.605. The number of benzene rings is 1. The summed E-state index contributed by atoms with van der Waals surface area (Å²) >= 11 is 0. The van der Waals surface area contributed by atoms with Crippen molar-refractivity contribution in [3.63, 3.8) is 0 Å². The Hall–Kier alpha value is -2.85. The van der Waals surface area contributed by atoms with E-state index in [1.54, 1.807) is 30.3 Å². The van der Waals surface area contributed by atoms with Crippen molar-refractivity contribution in [1.29, 1.82) is 0 Å². The molecule has 0 unspecified atom stereocenters. The number of morpholine rings is 1. The molecule has 0 radical (unpaired) electrons. The molecule has 0 amide bonds. The normalized spacial score (nSPS) is 21.6. The largest absolute Gasteiger partial charge is 0.463 e. The standard InChI is InChI=1S/C23H28F2N6O2/c24-21(25)22-27-17-3-1-2-4-18(17)31(22)20-13-19(30-9-11-32-12-10-30)28-23(29-20)33-14-15-5-7-16(26)8-6-15/h1-4,13,15-16,21H,5-12,14,26H2. The zero-order chi connectivity index (χ0) is 22.8. The number of nitrogens with zero attached hydrogens (tertiary/aromatic N) is 5. The van der Waals surface area contributed by atoms with E-state index in [4.69, 9.17) is 15.2 Å². The zero-order valence-electron chi connectivity index (χ0n) is 18.4. The molecular weight excluding hydrogens is 430 g/mol. The Morgan fingerprint density at radius 3 is 2.52 bits per heavy atom. The topological polar surface area (TPSA) is 91.3 Å². The predicted octanol–water partition coefficient (Wildman–Crippen LogP) is 3.49. The average molecular weight is 459 g/mol. The molecule has 2 N–H and O–H groups in total. The minimum absolute atomic E-state index is 0.182. The summed E-state index contributed by atoms with van der Waals surface area (Å²) in [6.07, 6.45) is 1.20. The Morgan fingerprint density at radius 2 is 1.76 bits per heavy atom. The van der Waals surface area contributed by atoms with Crippen LogP contribution in [0.2, 0.25) is 0 Å². The third-order valence-corrected chi connectivity index (χ3v) is 6.36. The number of anilines is 1. The Bertz CT molecular complexity index is 1090. The maximum atomic E-state index is 13.9. The second-order valence-electron chi connectivity index (χ2n) is 8.65. The summed E-state index contributed by atoms with van der Waals surface area (Å²) in [5.41, 5.74) is 7.06. The second-order valence-corrected chi connectivity index (χ2v) is 8.65. The minimum atomic E-state index is -2.75. The van der Waals surface area contributed by atoms with Gasteiger partial charge >= 0.3 is 6.01 Å². The Balaban J connectivity index is 1.52. The number of halogens is 2. The van der Waals surface area contributed by atoms with E-state index in [1.165, 1.54) is 4.57 Å². The lowest BCUT2D eigenvalue weighted by atomic mass is 9.87. The molecule has 1 aliphatic heterocycles. The number of para-hydroxylation sites is 2. The van der Waals surface area contributed by atoms with Gasteiger partial charge < -0.3 is 20.1 Å². The number of fused-ring (bicyclic) bond motifs is 1. The zero-order valence-corrected chi connectivity index (χ0v) is 18.4. The fourth-order valence-electron chi connectivity index (χ4n) is 4.51. The lowest BCUT2D eigenvalue weighted by Gasteiger charge is -2.28.